The van der Waals surface area contributed by atoms with Gasteiger partial charge < -0.3 is 15.4 Å². The van der Waals surface area contributed by atoms with Crippen molar-refractivity contribution in [3.8, 4) is 0 Å². The van der Waals surface area contributed by atoms with Crippen molar-refractivity contribution in [2.24, 2.45) is 0 Å². The average molecular weight is 352 g/mol. The number of carbonyl (C=O) groups excluding carboxylic acids is 3. The summed E-state index contributed by atoms with van der Waals surface area (Å²) in [5, 5.41) is 5.32. The van der Waals surface area contributed by atoms with Crippen LogP contribution in [-0.2, 0) is 20.7 Å². The Hall–Kier alpha value is -2.99. The third-order valence-corrected chi connectivity index (χ3v) is 4.15. The van der Waals surface area contributed by atoms with E-state index < -0.39 is 0 Å². The fraction of sp³-hybridized carbons (Fsp3) is 0.250. The maximum Gasteiger partial charge on any atom is 0.257 e. The molecule has 1 aliphatic heterocycles. The Kier molecular flexibility index (Phi) is 5.76. The van der Waals surface area contributed by atoms with Crippen LogP contribution in [0.5, 0.6) is 0 Å². The number of nitrogens with one attached hydrogen (secondary N) is 2. The molecule has 1 atom stereocenters. The van der Waals surface area contributed by atoms with Gasteiger partial charge in [-0.2, -0.15) is 0 Å². The number of hydrogen-bond acceptors (Lipinski definition) is 4. The molecule has 0 radical (unpaired) electrons. The number of anilines is 2. The maximum atomic E-state index is 12.4. The molecule has 1 saturated heterocycles. The van der Waals surface area contributed by atoms with Crippen molar-refractivity contribution < 1.29 is 19.1 Å². The highest BCUT2D eigenvalue weighted by Gasteiger charge is 2.25. The average Bonchev–Trinajstić information content (AvgIpc) is 3.46. The van der Waals surface area contributed by atoms with Crippen molar-refractivity contribution in [2.45, 2.75) is 25.4 Å². The van der Waals surface area contributed by atoms with E-state index in [0.717, 1.165) is 5.56 Å². The van der Waals surface area contributed by atoms with Crippen LogP contribution in [0.1, 0.15) is 28.8 Å². The van der Waals surface area contributed by atoms with Crippen molar-refractivity contribution in [3.05, 3.63) is 59.7 Å². The van der Waals surface area contributed by atoms with Gasteiger partial charge in [0.15, 0.2) is 0 Å². The summed E-state index contributed by atoms with van der Waals surface area (Å²) in [5.74, 6) is -0.0912. The molecule has 1 aliphatic rings. The molecule has 2 N–H and O–H groups in total. The van der Waals surface area contributed by atoms with Crippen molar-refractivity contribution in [3.63, 3.8) is 0 Å². The predicted molar refractivity (Wildman–Crippen MR) is 98.2 cm³/mol. The summed E-state index contributed by atoms with van der Waals surface area (Å²) in [6.07, 6.45) is 2.35. The maximum absolute atomic E-state index is 12.4. The van der Waals surface area contributed by atoms with E-state index in [9.17, 15) is 14.4 Å². The highest BCUT2D eigenvalue weighted by atomic mass is 16.6. The molecular formula is C20H20N2O4. The zero-order chi connectivity index (χ0) is 18.4. The quantitative estimate of drug-likeness (QED) is 0.537. The Bertz CT molecular complexity index is 798. The lowest BCUT2D eigenvalue weighted by Gasteiger charge is -2.10. The molecule has 1 heterocycles. The Balaban J connectivity index is 1.56. The first-order valence-corrected chi connectivity index (χ1v) is 8.48. The normalized spacial score (nSPS) is 15.2. The number of rotatable bonds is 9. The molecule has 0 saturated carbocycles. The van der Waals surface area contributed by atoms with Crippen LogP contribution >= 0.6 is 0 Å². The van der Waals surface area contributed by atoms with Gasteiger partial charge in [0.05, 0.1) is 24.0 Å². The van der Waals surface area contributed by atoms with Crippen LogP contribution in [0.3, 0.4) is 0 Å². The van der Waals surface area contributed by atoms with Crippen molar-refractivity contribution in [2.75, 3.05) is 17.2 Å². The van der Waals surface area contributed by atoms with E-state index in [0.29, 0.717) is 49.2 Å². The summed E-state index contributed by atoms with van der Waals surface area (Å²) in [4.78, 5) is 34.8. The number of epoxide rings is 1. The number of carbonyl (C=O) groups is 3. The second-order valence-corrected chi connectivity index (χ2v) is 6.16. The first-order valence-electron chi connectivity index (χ1n) is 8.48. The Morgan fingerprint density at radius 1 is 1.12 bits per heavy atom. The minimum Gasteiger partial charge on any atom is -0.373 e. The Labute approximate surface area is 151 Å². The summed E-state index contributed by atoms with van der Waals surface area (Å²) in [6.45, 7) is 0.700. The third kappa shape index (κ3) is 5.00. The van der Waals surface area contributed by atoms with Crippen LogP contribution < -0.4 is 10.6 Å². The molecular weight excluding hydrogens is 332 g/mol. The highest BCUT2D eigenvalue weighted by Crippen LogP contribution is 2.19. The van der Waals surface area contributed by atoms with Crippen molar-refractivity contribution in [1.82, 2.24) is 0 Å². The molecule has 6 nitrogen and oxygen atoms in total. The van der Waals surface area contributed by atoms with Gasteiger partial charge in [-0.25, -0.2) is 0 Å². The van der Waals surface area contributed by atoms with Gasteiger partial charge in [-0.05, 0) is 36.2 Å². The standard InChI is InChI=1S/C20H20N2O4/c23-13-21-19-4-2-1-3-18(19)20(25)22-15-8-5-14(6-9-15)7-10-16(24)11-17-12-26-17/h1-6,8-9,13,17H,7,10-12H2,(H,21,23)(H,22,25). The number of para-hydroxylation sites is 1. The zero-order valence-corrected chi connectivity index (χ0v) is 14.2. The SMILES string of the molecule is O=CNc1ccccc1C(=O)Nc1ccc(CCC(=O)CC2CO2)cc1. The van der Waals surface area contributed by atoms with E-state index in [1.54, 1.807) is 36.4 Å². The topological polar surface area (TPSA) is 87.8 Å². The lowest BCUT2D eigenvalue weighted by atomic mass is 10.0. The van der Waals surface area contributed by atoms with Gasteiger partial charge in [-0.15, -0.1) is 0 Å². The number of benzene rings is 2. The van der Waals surface area contributed by atoms with Gasteiger partial charge in [-0.1, -0.05) is 24.3 Å². The molecule has 3 rings (SSSR count). The molecule has 6 heteroatoms. The molecule has 2 aromatic rings. The monoisotopic (exact) mass is 352 g/mol. The molecule has 1 unspecified atom stereocenters. The predicted octanol–water partition coefficient (Wildman–Crippen LogP) is 2.80. The Morgan fingerprint density at radius 3 is 2.54 bits per heavy atom. The number of Topliss-reactive ketones (excluding diaryl/α,β-unsaturated/α-hetero) is 1. The molecule has 134 valence electrons. The largest absolute Gasteiger partial charge is 0.373 e. The second-order valence-electron chi connectivity index (χ2n) is 6.16. The van der Waals surface area contributed by atoms with Crippen molar-refractivity contribution in [1.29, 1.82) is 0 Å². The van der Waals surface area contributed by atoms with E-state index in [-0.39, 0.29) is 17.8 Å². The molecule has 1 fully saturated rings. The molecule has 0 spiro atoms. The van der Waals surface area contributed by atoms with Gasteiger partial charge in [0.2, 0.25) is 6.41 Å². The second kappa shape index (κ2) is 8.40. The lowest BCUT2D eigenvalue weighted by molar-refractivity contribution is -0.119. The highest BCUT2D eigenvalue weighted by molar-refractivity contribution is 6.08. The molecule has 2 amide bonds. The van der Waals surface area contributed by atoms with Gasteiger partial charge in [0, 0.05) is 18.5 Å². The van der Waals surface area contributed by atoms with Gasteiger partial charge in [0.1, 0.15) is 5.78 Å². The van der Waals surface area contributed by atoms with Crippen molar-refractivity contribution >= 4 is 29.5 Å². The van der Waals surface area contributed by atoms with E-state index >= 15 is 0 Å². The van der Waals surface area contributed by atoms with E-state index in [4.69, 9.17) is 4.74 Å². The van der Waals surface area contributed by atoms with E-state index in [2.05, 4.69) is 10.6 Å². The van der Waals surface area contributed by atoms with Gasteiger partial charge >= 0.3 is 0 Å². The van der Waals surface area contributed by atoms with Crippen LogP contribution in [0.2, 0.25) is 0 Å². The molecule has 2 aromatic carbocycles. The first kappa shape index (κ1) is 17.8. The van der Waals surface area contributed by atoms with Crippen LogP contribution in [0.25, 0.3) is 0 Å². The van der Waals surface area contributed by atoms with Crippen LogP contribution in [0.4, 0.5) is 11.4 Å². The molecule has 26 heavy (non-hydrogen) atoms. The third-order valence-electron chi connectivity index (χ3n) is 4.15. The molecule has 0 bridgehead atoms. The summed E-state index contributed by atoms with van der Waals surface area (Å²) >= 11 is 0. The fourth-order valence-electron chi connectivity index (χ4n) is 2.65. The number of ketones is 1. The van der Waals surface area contributed by atoms with Gasteiger partial charge in [-0.3, -0.25) is 14.4 Å². The summed E-state index contributed by atoms with van der Waals surface area (Å²) in [5.41, 5.74) is 2.53. The van der Waals surface area contributed by atoms with Crippen LogP contribution in [0.15, 0.2) is 48.5 Å². The zero-order valence-electron chi connectivity index (χ0n) is 14.2. The summed E-state index contributed by atoms with van der Waals surface area (Å²) in [7, 11) is 0. The minimum atomic E-state index is -0.303. The van der Waals surface area contributed by atoms with Crippen LogP contribution in [-0.4, -0.2) is 30.8 Å². The number of amides is 2. The first-order chi connectivity index (χ1) is 12.7. The Morgan fingerprint density at radius 2 is 1.85 bits per heavy atom. The lowest BCUT2D eigenvalue weighted by Crippen LogP contribution is -2.14. The summed E-state index contributed by atoms with van der Waals surface area (Å²) < 4.78 is 5.06. The van der Waals surface area contributed by atoms with Gasteiger partial charge in [0.25, 0.3) is 5.91 Å². The van der Waals surface area contributed by atoms with E-state index in [1.807, 2.05) is 12.1 Å². The smallest absolute Gasteiger partial charge is 0.257 e. The number of ether oxygens (including phenoxy) is 1. The molecule has 0 aliphatic carbocycles. The van der Waals surface area contributed by atoms with E-state index in [1.165, 1.54) is 0 Å². The fourth-order valence-corrected chi connectivity index (χ4v) is 2.65. The summed E-state index contributed by atoms with van der Waals surface area (Å²) in [6, 6.07) is 14.2. The number of aryl methyl sites for hydroxylation is 1. The molecule has 0 aromatic heterocycles. The minimum absolute atomic E-state index is 0.136. The van der Waals surface area contributed by atoms with Crippen LogP contribution in [0, 0.1) is 0 Å². The number of hydrogen-bond donors (Lipinski definition) is 2.